The first kappa shape index (κ1) is 15.4. The van der Waals surface area contributed by atoms with Crippen LogP contribution in [0.1, 0.15) is 40.5 Å². The molecule has 0 bridgehead atoms. The van der Waals surface area contributed by atoms with Crippen molar-refractivity contribution in [1.82, 2.24) is 15.1 Å². The van der Waals surface area contributed by atoms with Crippen LogP contribution in [0.3, 0.4) is 0 Å². The van der Waals surface area contributed by atoms with Crippen LogP contribution < -0.4 is 5.32 Å². The minimum absolute atomic E-state index is 0.304. The van der Waals surface area contributed by atoms with E-state index in [1.54, 1.807) is 0 Å². The lowest BCUT2D eigenvalue weighted by atomic mass is 10.2. The molecule has 0 aliphatic carbocycles. The van der Waals surface area contributed by atoms with Crippen molar-refractivity contribution in [3.05, 3.63) is 0 Å². The number of rotatable bonds is 7. The van der Waals surface area contributed by atoms with Crippen LogP contribution in [0.5, 0.6) is 0 Å². The van der Waals surface area contributed by atoms with E-state index >= 15 is 0 Å². The van der Waals surface area contributed by atoms with Gasteiger partial charge in [-0.2, -0.15) is 0 Å². The van der Waals surface area contributed by atoms with Crippen molar-refractivity contribution in [2.75, 3.05) is 32.7 Å². The zero-order valence-corrected chi connectivity index (χ0v) is 12.4. The Balaban J connectivity index is 2.30. The van der Waals surface area contributed by atoms with Gasteiger partial charge in [-0.3, -0.25) is 9.69 Å². The molecule has 18 heavy (non-hydrogen) atoms. The molecule has 4 nitrogen and oxygen atoms in total. The van der Waals surface area contributed by atoms with Crippen LogP contribution in [0.25, 0.3) is 0 Å². The van der Waals surface area contributed by atoms with E-state index in [9.17, 15) is 4.79 Å². The van der Waals surface area contributed by atoms with E-state index in [1.807, 2.05) is 4.90 Å². The van der Waals surface area contributed by atoms with Gasteiger partial charge in [0, 0.05) is 38.1 Å². The lowest BCUT2D eigenvalue weighted by Gasteiger charge is -2.26. The van der Waals surface area contributed by atoms with Crippen LogP contribution in [-0.2, 0) is 4.79 Å². The van der Waals surface area contributed by atoms with Gasteiger partial charge in [-0.25, -0.2) is 0 Å². The predicted molar refractivity (Wildman–Crippen MR) is 75.7 cm³/mol. The fourth-order valence-electron chi connectivity index (χ4n) is 2.63. The van der Waals surface area contributed by atoms with E-state index < -0.39 is 0 Å². The molecule has 1 heterocycles. The van der Waals surface area contributed by atoms with E-state index in [-0.39, 0.29) is 0 Å². The Labute approximate surface area is 112 Å². The van der Waals surface area contributed by atoms with Crippen molar-refractivity contribution >= 4 is 5.91 Å². The van der Waals surface area contributed by atoms with E-state index in [1.165, 1.54) is 0 Å². The van der Waals surface area contributed by atoms with Crippen molar-refractivity contribution in [1.29, 1.82) is 0 Å². The van der Waals surface area contributed by atoms with Crippen LogP contribution in [0, 0.1) is 0 Å². The maximum Gasteiger partial charge on any atom is 0.223 e. The van der Waals surface area contributed by atoms with E-state index in [0.717, 1.165) is 39.1 Å². The van der Waals surface area contributed by atoms with Gasteiger partial charge < -0.3 is 10.2 Å². The van der Waals surface area contributed by atoms with E-state index in [4.69, 9.17) is 0 Å². The van der Waals surface area contributed by atoms with Gasteiger partial charge in [0.25, 0.3) is 0 Å². The Morgan fingerprint density at radius 2 is 2.06 bits per heavy atom. The number of carbonyl (C=O) groups excluding carboxylic acids is 1. The molecule has 1 unspecified atom stereocenters. The molecule has 0 radical (unpaired) electrons. The van der Waals surface area contributed by atoms with Gasteiger partial charge in [0.05, 0.1) is 0 Å². The molecule has 1 N–H and O–H groups in total. The molecule has 0 aromatic rings. The first-order valence-electron chi connectivity index (χ1n) is 7.33. The lowest BCUT2D eigenvalue weighted by molar-refractivity contribution is -0.130. The van der Waals surface area contributed by atoms with Gasteiger partial charge in [0.15, 0.2) is 0 Å². The van der Waals surface area contributed by atoms with Gasteiger partial charge in [0.2, 0.25) is 5.91 Å². The zero-order chi connectivity index (χ0) is 13.5. The summed E-state index contributed by atoms with van der Waals surface area (Å²) in [5.74, 6) is 0.304. The highest BCUT2D eigenvalue weighted by molar-refractivity contribution is 5.76. The van der Waals surface area contributed by atoms with Crippen molar-refractivity contribution in [2.24, 2.45) is 0 Å². The molecule has 0 aromatic heterocycles. The van der Waals surface area contributed by atoms with Crippen molar-refractivity contribution in [3.63, 3.8) is 0 Å². The molecule has 1 amide bonds. The Hall–Kier alpha value is -0.610. The second-order valence-electron chi connectivity index (χ2n) is 5.36. The van der Waals surface area contributed by atoms with Gasteiger partial charge in [0.1, 0.15) is 0 Å². The van der Waals surface area contributed by atoms with Gasteiger partial charge in [-0.15, -0.1) is 0 Å². The van der Waals surface area contributed by atoms with Crippen molar-refractivity contribution in [3.8, 4) is 0 Å². The third kappa shape index (κ3) is 4.58. The molecule has 0 aromatic carbocycles. The average Bonchev–Trinajstić information content (AvgIpc) is 2.79. The third-order valence-corrected chi connectivity index (χ3v) is 3.74. The van der Waals surface area contributed by atoms with Crippen LogP contribution in [0.4, 0.5) is 0 Å². The zero-order valence-electron chi connectivity index (χ0n) is 12.4. The smallest absolute Gasteiger partial charge is 0.223 e. The molecule has 1 saturated heterocycles. The largest absolute Gasteiger partial charge is 0.341 e. The maximum atomic E-state index is 12.0. The summed E-state index contributed by atoms with van der Waals surface area (Å²) in [5.41, 5.74) is 0. The summed E-state index contributed by atoms with van der Waals surface area (Å²) in [7, 11) is 0. The molecule has 0 saturated carbocycles. The van der Waals surface area contributed by atoms with Gasteiger partial charge in [-0.05, 0) is 19.5 Å². The number of hydrogen-bond donors (Lipinski definition) is 1. The van der Waals surface area contributed by atoms with Gasteiger partial charge >= 0.3 is 0 Å². The van der Waals surface area contributed by atoms with E-state index in [0.29, 0.717) is 24.4 Å². The summed E-state index contributed by atoms with van der Waals surface area (Å²) < 4.78 is 0. The summed E-state index contributed by atoms with van der Waals surface area (Å²) in [5, 5.41) is 3.30. The van der Waals surface area contributed by atoms with Crippen LogP contribution in [0.15, 0.2) is 0 Å². The second-order valence-corrected chi connectivity index (χ2v) is 5.36. The predicted octanol–water partition coefficient (Wildman–Crippen LogP) is 1.32. The van der Waals surface area contributed by atoms with Crippen LogP contribution in [0.2, 0.25) is 0 Å². The number of carbonyl (C=O) groups is 1. The molecule has 1 aliphatic heterocycles. The summed E-state index contributed by atoms with van der Waals surface area (Å²) in [6, 6.07) is 1.03. The Bertz CT molecular complexity index is 251. The van der Waals surface area contributed by atoms with Gasteiger partial charge in [-0.1, -0.05) is 27.7 Å². The van der Waals surface area contributed by atoms with Crippen LogP contribution >= 0.6 is 0 Å². The quantitative estimate of drug-likeness (QED) is 0.745. The average molecular weight is 255 g/mol. The summed E-state index contributed by atoms with van der Waals surface area (Å²) in [6.07, 6.45) is 1.76. The monoisotopic (exact) mass is 255 g/mol. The highest BCUT2D eigenvalue weighted by atomic mass is 16.2. The number of amides is 1. The molecule has 0 spiro atoms. The molecule has 1 atom stereocenters. The Morgan fingerprint density at radius 1 is 1.39 bits per heavy atom. The van der Waals surface area contributed by atoms with Crippen molar-refractivity contribution in [2.45, 2.75) is 52.6 Å². The summed E-state index contributed by atoms with van der Waals surface area (Å²) >= 11 is 0. The molecular formula is C14H29N3O. The number of likely N-dealkylation sites (N-methyl/N-ethyl adjacent to an activating group) is 1. The van der Waals surface area contributed by atoms with Crippen LogP contribution in [-0.4, -0.2) is 60.5 Å². The Morgan fingerprint density at radius 3 is 2.61 bits per heavy atom. The third-order valence-electron chi connectivity index (χ3n) is 3.74. The summed E-state index contributed by atoms with van der Waals surface area (Å²) in [4.78, 5) is 16.5. The minimum atomic E-state index is 0.304. The first-order chi connectivity index (χ1) is 8.58. The molecule has 1 fully saturated rings. The number of likely N-dealkylation sites (tertiary alicyclic amines) is 1. The SMILES string of the molecule is CCN(CC)C1CCN(C(=O)CCNC(C)C)C1. The fraction of sp³-hybridized carbons (Fsp3) is 0.929. The fourth-order valence-corrected chi connectivity index (χ4v) is 2.63. The highest BCUT2D eigenvalue weighted by Crippen LogP contribution is 2.16. The van der Waals surface area contributed by atoms with Crippen molar-refractivity contribution < 1.29 is 4.79 Å². The number of nitrogens with zero attached hydrogens (tertiary/aromatic N) is 2. The molecular weight excluding hydrogens is 226 g/mol. The molecule has 106 valence electrons. The minimum Gasteiger partial charge on any atom is -0.341 e. The molecule has 1 rings (SSSR count). The number of nitrogens with one attached hydrogen (secondary N) is 1. The standard InChI is InChI=1S/C14H29N3O/c1-5-16(6-2)13-8-10-17(11-13)14(18)7-9-15-12(3)4/h12-13,15H,5-11H2,1-4H3. The van der Waals surface area contributed by atoms with E-state index in [2.05, 4.69) is 37.9 Å². The normalized spacial score (nSPS) is 20.1. The summed E-state index contributed by atoms with van der Waals surface area (Å²) in [6.45, 7) is 13.4. The topological polar surface area (TPSA) is 35.6 Å². The lowest BCUT2D eigenvalue weighted by Crippen LogP contribution is -2.39. The second kappa shape index (κ2) is 7.74. The Kier molecular flexibility index (Phi) is 6.65. The number of hydrogen-bond acceptors (Lipinski definition) is 3. The molecule has 1 aliphatic rings. The highest BCUT2D eigenvalue weighted by Gasteiger charge is 2.28. The first-order valence-corrected chi connectivity index (χ1v) is 7.33. The maximum absolute atomic E-state index is 12.0. The molecule has 4 heteroatoms.